The quantitative estimate of drug-likeness (QED) is 0.325. The number of alkyl carbamates (subject to hydrolysis) is 1. The number of nitrogens with one attached hydrogen (secondary N) is 1. The topological polar surface area (TPSA) is 73.2 Å². The van der Waals surface area contributed by atoms with Crippen LogP contribution in [0.5, 0.6) is 0 Å². The zero-order chi connectivity index (χ0) is 19.3. The van der Waals surface area contributed by atoms with E-state index in [-0.39, 0.29) is 30.1 Å². The monoisotopic (exact) mass is 488 g/mol. The standard InChI is InChI=1S/C20H32N4O2.HI/c1-6-23-16-11-10-15(13-17(16)24(7-2)18(23)14-21)9-8-12-22-19(25)26-20(3,4)5;/h10-11,13H,6-9,12,14,21H2,1-5H3;1H. The number of benzene rings is 1. The normalized spacial score (nSPS) is 11.3. The van der Waals surface area contributed by atoms with E-state index in [1.54, 1.807) is 0 Å². The van der Waals surface area contributed by atoms with Crippen molar-refractivity contribution in [3.8, 4) is 0 Å². The molecule has 0 atom stereocenters. The third-order valence-corrected chi connectivity index (χ3v) is 4.37. The molecule has 0 radical (unpaired) electrons. The van der Waals surface area contributed by atoms with Crippen LogP contribution in [-0.4, -0.2) is 22.8 Å². The number of nitrogens with two attached hydrogens (primary N) is 1. The van der Waals surface area contributed by atoms with E-state index in [0.717, 1.165) is 31.8 Å². The fourth-order valence-electron chi connectivity index (χ4n) is 3.32. The third kappa shape index (κ3) is 6.07. The molecule has 0 saturated carbocycles. The largest absolute Gasteiger partial charge is 1.00 e. The predicted molar refractivity (Wildman–Crippen MR) is 104 cm³/mol. The summed E-state index contributed by atoms with van der Waals surface area (Å²) < 4.78 is 9.83. The zero-order valence-electron chi connectivity index (χ0n) is 17.1. The van der Waals surface area contributed by atoms with Crippen LogP contribution in [0.15, 0.2) is 18.2 Å². The van der Waals surface area contributed by atoms with Crippen LogP contribution < -0.4 is 39.6 Å². The van der Waals surface area contributed by atoms with Gasteiger partial charge in [0.1, 0.15) is 5.60 Å². The van der Waals surface area contributed by atoms with Gasteiger partial charge in [-0.25, -0.2) is 13.9 Å². The van der Waals surface area contributed by atoms with Gasteiger partial charge in [0.2, 0.25) is 0 Å². The van der Waals surface area contributed by atoms with Gasteiger partial charge < -0.3 is 39.8 Å². The molecule has 0 spiro atoms. The highest BCUT2D eigenvalue weighted by Crippen LogP contribution is 2.18. The summed E-state index contributed by atoms with van der Waals surface area (Å²) in [5.41, 5.74) is 9.24. The van der Waals surface area contributed by atoms with E-state index in [2.05, 4.69) is 46.5 Å². The second kappa shape index (κ2) is 10.3. The number of nitrogens with zero attached hydrogens (tertiary/aromatic N) is 2. The maximum Gasteiger partial charge on any atom is 0.407 e. The van der Waals surface area contributed by atoms with Gasteiger partial charge in [0.05, 0.1) is 19.6 Å². The summed E-state index contributed by atoms with van der Waals surface area (Å²) in [6.07, 6.45) is 1.42. The first kappa shape index (κ1) is 23.7. The summed E-state index contributed by atoms with van der Waals surface area (Å²) in [4.78, 5) is 11.7. The first-order valence-corrected chi connectivity index (χ1v) is 9.51. The molecule has 0 saturated heterocycles. The molecule has 7 heteroatoms. The highest BCUT2D eigenvalue weighted by atomic mass is 127. The molecule has 1 aromatic carbocycles. The Labute approximate surface area is 179 Å². The molecular weight excluding hydrogens is 455 g/mol. The van der Waals surface area contributed by atoms with Gasteiger partial charge in [-0.2, -0.15) is 0 Å². The lowest BCUT2D eigenvalue weighted by Crippen LogP contribution is -3.00. The van der Waals surface area contributed by atoms with Gasteiger partial charge in [-0.05, 0) is 65.2 Å². The molecule has 0 aliphatic rings. The molecule has 0 unspecified atom stereocenters. The molecule has 1 heterocycles. The molecule has 6 nitrogen and oxygen atoms in total. The van der Waals surface area contributed by atoms with Crippen molar-refractivity contribution in [3.05, 3.63) is 29.6 Å². The molecule has 2 aromatic rings. The van der Waals surface area contributed by atoms with Crippen molar-refractivity contribution in [2.45, 2.75) is 72.7 Å². The molecule has 0 fully saturated rings. The summed E-state index contributed by atoms with van der Waals surface area (Å²) in [6, 6.07) is 6.60. The van der Waals surface area contributed by atoms with Crippen LogP contribution in [0.3, 0.4) is 0 Å². The molecule has 0 aliphatic heterocycles. The zero-order valence-corrected chi connectivity index (χ0v) is 19.3. The van der Waals surface area contributed by atoms with Crippen LogP contribution in [0, 0.1) is 0 Å². The number of amides is 1. The lowest BCUT2D eigenvalue weighted by molar-refractivity contribution is -0.676. The summed E-state index contributed by atoms with van der Waals surface area (Å²) in [7, 11) is 0. The fraction of sp³-hybridized carbons (Fsp3) is 0.600. The number of aryl methyl sites for hydroxylation is 3. The van der Waals surface area contributed by atoms with Crippen LogP contribution in [0.25, 0.3) is 11.0 Å². The second-order valence-corrected chi connectivity index (χ2v) is 7.46. The highest BCUT2D eigenvalue weighted by molar-refractivity contribution is 5.73. The number of hydrogen-bond acceptors (Lipinski definition) is 3. The van der Waals surface area contributed by atoms with Crippen LogP contribution in [0.1, 0.15) is 52.4 Å². The molecule has 1 amide bonds. The van der Waals surface area contributed by atoms with Crippen molar-refractivity contribution in [1.29, 1.82) is 0 Å². The average Bonchev–Trinajstić information content (AvgIpc) is 2.88. The van der Waals surface area contributed by atoms with E-state index in [0.29, 0.717) is 13.1 Å². The van der Waals surface area contributed by atoms with Crippen molar-refractivity contribution in [3.63, 3.8) is 0 Å². The number of rotatable bonds is 7. The third-order valence-electron chi connectivity index (χ3n) is 4.37. The maximum atomic E-state index is 11.7. The molecular formula is C20H33IN4O2. The predicted octanol–water partition coefficient (Wildman–Crippen LogP) is -0.111. The van der Waals surface area contributed by atoms with Crippen molar-refractivity contribution < 1.29 is 38.1 Å². The summed E-state index contributed by atoms with van der Waals surface area (Å²) in [6.45, 7) is 12.8. The Morgan fingerprint density at radius 1 is 1.30 bits per heavy atom. The first-order valence-electron chi connectivity index (χ1n) is 9.51. The van der Waals surface area contributed by atoms with Crippen molar-refractivity contribution in [1.82, 2.24) is 9.88 Å². The Bertz CT molecular complexity index is 765. The Balaban J connectivity index is 0.00000364. The number of fused-ring (bicyclic) bond motifs is 1. The summed E-state index contributed by atoms with van der Waals surface area (Å²) in [5.74, 6) is 1.16. The lowest BCUT2D eigenvalue weighted by Gasteiger charge is -2.19. The second-order valence-electron chi connectivity index (χ2n) is 7.46. The molecule has 1 aromatic heterocycles. The smallest absolute Gasteiger partial charge is 0.407 e. The van der Waals surface area contributed by atoms with Crippen LogP contribution in [0.2, 0.25) is 0 Å². The van der Waals surface area contributed by atoms with Crippen molar-refractivity contribution in [2.75, 3.05) is 6.54 Å². The first-order chi connectivity index (χ1) is 12.3. The molecule has 152 valence electrons. The van der Waals surface area contributed by atoms with Crippen LogP contribution >= 0.6 is 0 Å². The number of carbonyl (C=O) groups excluding carboxylic acids is 1. The molecule has 27 heavy (non-hydrogen) atoms. The van der Waals surface area contributed by atoms with Crippen molar-refractivity contribution >= 4 is 17.1 Å². The van der Waals surface area contributed by atoms with Crippen molar-refractivity contribution in [2.24, 2.45) is 5.73 Å². The van der Waals surface area contributed by atoms with E-state index in [1.165, 1.54) is 16.6 Å². The fourth-order valence-corrected chi connectivity index (χ4v) is 3.32. The molecule has 3 N–H and O–H groups in total. The van der Waals surface area contributed by atoms with Gasteiger partial charge in [0, 0.05) is 6.54 Å². The van der Waals surface area contributed by atoms with E-state index >= 15 is 0 Å². The summed E-state index contributed by atoms with van der Waals surface area (Å²) >= 11 is 0. The van der Waals surface area contributed by atoms with Crippen LogP contribution in [-0.2, 0) is 30.8 Å². The minimum absolute atomic E-state index is 0. The number of aromatic nitrogens is 2. The van der Waals surface area contributed by atoms with E-state index in [9.17, 15) is 4.79 Å². The molecule has 2 rings (SSSR count). The highest BCUT2D eigenvalue weighted by Gasteiger charge is 2.22. The lowest BCUT2D eigenvalue weighted by atomic mass is 10.1. The number of ether oxygens (including phenoxy) is 1. The molecule has 0 aliphatic carbocycles. The van der Waals surface area contributed by atoms with Gasteiger partial charge in [-0.3, -0.25) is 0 Å². The Kier molecular flexibility index (Phi) is 9.01. The number of hydrogen-bond donors (Lipinski definition) is 2. The van der Waals surface area contributed by atoms with Crippen LogP contribution in [0.4, 0.5) is 4.79 Å². The van der Waals surface area contributed by atoms with E-state index < -0.39 is 5.60 Å². The minimum Gasteiger partial charge on any atom is -1.00 e. The Hall–Kier alpha value is -1.35. The van der Waals surface area contributed by atoms with E-state index in [4.69, 9.17) is 10.5 Å². The van der Waals surface area contributed by atoms with Gasteiger partial charge >= 0.3 is 6.09 Å². The Morgan fingerprint density at radius 2 is 2.00 bits per heavy atom. The minimum atomic E-state index is -0.462. The van der Waals surface area contributed by atoms with Gasteiger partial charge in [-0.15, -0.1) is 0 Å². The van der Waals surface area contributed by atoms with Gasteiger partial charge in [0.15, 0.2) is 11.0 Å². The summed E-state index contributed by atoms with van der Waals surface area (Å²) in [5, 5.41) is 2.81. The Morgan fingerprint density at radius 3 is 2.56 bits per heavy atom. The number of imidazole rings is 1. The molecule has 0 bridgehead atoms. The van der Waals surface area contributed by atoms with Gasteiger partial charge in [0.25, 0.3) is 5.82 Å². The number of carbonyl (C=O) groups is 1. The number of halogens is 1. The average molecular weight is 488 g/mol. The SMILES string of the molecule is CCn1c(CN)[n+](CC)c2ccc(CCCNC(=O)OC(C)(C)C)cc21.[I-]. The van der Waals surface area contributed by atoms with E-state index in [1.807, 2.05) is 20.8 Å². The maximum absolute atomic E-state index is 11.7. The van der Waals surface area contributed by atoms with Gasteiger partial charge in [-0.1, -0.05) is 6.07 Å².